The smallest absolute Gasteiger partial charge is 0.264 e. The summed E-state index contributed by atoms with van der Waals surface area (Å²) >= 11 is 2.21. The van der Waals surface area contributed by atoms with Crippen molar-refractivity contribution in [3.63, 3.8) is 0 Å². The van der Waals surface area contributed by atoms with Crippen LogP contribution < -0.4 is 9.73 Å². The Balaban J connectivity index is 1.87. The zero-order valence-electron chi connectivity index (χ0n) is 18.0. The zero-order valence-corrected chi connectivity index (χ0v) is 21.0. The first-order valence-corrected chi connectivity index (χ1v) is 12.4. The van der Waals surface area contributed by atoms with E-state index in [0.29, 0.717) is 11.4 Å². The van der Waals surface area contributed by atoms with Crippen molar-refractivity contribution in [3.05, 3.63) is 93.1 Å². The maximum absolute atomic E-state index is 13.4. The molecule has 1 N–H and O–H groups in total. The molecule has 3 aromatic rings. The molecule has 3 rings (SSSR count). The monoisotopic (exact) mass is 561 g/mol. The molecule has 6 nitrogen and oxygen atoms in total. The Morgan fingerprint density at radius 3 is 2.16 bits per heavy atom. The van der Waals surface area contributed by atoms with E-state index in [9.17, 15) is 13.2 Å². The summed E-state index contributed by atoms with van der Waals surface area (Å²) in [6, 6.07) is 21.3. The van der Waals surface area contributed by atoms with Crippen LogP contribution in [0.25, 0.3) is 0 Å². The van der Waals surface area contributed by atoms with E-state index in [4.69, 9.17) is 0 Å². The van der Waals surface area contributed by atoms with Gasteiger partial charge in [0.2, 0.25) is 0 Å². The predicted octanol–water partition coefficient (Wildman–Crippen LogP) is 4.64. The van der Waals surface area contributed by atoms with Crippen molar-refractivity contribution in [2.75, 3.05) is 10.8 Å². The molecule has 0 radical (unpaired) electrons. The molecule has 0 aromatic heterocycles. The number of hydrazone groups is 1. The first-order valence-electron chi connectivity index (χ1n) is 9.92. The number of hydrogen-bond donors (Lipinski definition) is 1. The molecule has 0 aliphatic rings. The van der Waals surface area contributed by atoms with E-state index < -0.39 is 22.5 Å². The average Bonchev–Trinajstić information content (AvgIpc) is 2.77. The molecule has 1 amide bonds. The van der Waals surface area contributed by atoms with Crippen molar-refractivity contribution in [1.82, 2.24) is 5.43 Å². The van der Waals surface area contributed by atoms with Gasteiger partial charge >= 0.3 is 0 Å². The lowest BCUT2D eigenvalue weighted by Gasteiger charge is -2.24. The summed E-state index contributed by atoms with van der Waals surface area (Å²) in [5.41, 5.74) is 6.33. The summed E-state index contributed by atoms with van der Waals surface area (Å²) in [6.45, 7) is 5.18. The molecule has 0 atom stereocenters. The Morgan fingerprint density at radius 2 is 1.56 bits per heavy atom. The fraction of sp³-hybridized carbons (Fsp3) is 0.167. The topological polar surface area (TPSA) is 78.8 Å². The molecule has 0 fully saturated rings. The second-order valence-electron chi connectivity index (χ2n) is 7.40. The van der Waals surface area contributed by atoms with Crippen LogP contribution in [0.4, 0.5) is 5.69 Å². The van der Waals surface area contributed by atoms with E-state index in [1.807, 2.05) is 50.2 Å². The van der Waals surface area contributed by atoms with Gasteiger partial charge in [-0.25, -0.2) is 13.8 Å². The van der Waals surface area contributed by atoms with E-state index in [-0.39, 0.29) is 4.90 Å². The molecule has 0 bridgehead atoms. The molecule has 0 spiro atoms. The number of carbonyl (C=O) groups excluding carboxylic acids is 1. The van der Waals surface area contributed by atoms with Crippen molar-refractivity contribution < 1.29 is 13.2 Å². The summed E-state index contributed by atoms with van der Waals surface area (Å²) < 4.78 is 28.9. The Hall–Kier alpha value is -2.72. The Labute approximate surface area is 202 Å². The molecule has 166 valence electrons. The van der Waals surface area contributed by atoms with Gasteiger partial charge in [0.25, 0.3) is 15.9 Å². The van der Waals surface area contributed by atoms with Crippen molar-refractivity contribution in [3.8, 4) is 0 Å². The highest BCUT2D eigenvalue weighted by molar-refractivity contribution is 14.1. The minimum atomic E-state index is -3.95. The van der Waals surface area contributed by atoms with Gasteiger partial charge in [-0.15, -0.1) is 0 Å². The molecule has 0 heterocycles. The van der Waals surface area contributed by atoms with Crippen LogP contribution in [0.15, 0.2) is 82.8 Å². The molecule has 0 saturated carbocycles. The summed E-state index contributed by atoms with van der Waals surface area (Å²) in [4.78, 5) is 12.8. The van der Waals surface area contributed by atoms with E-state index in [2.05, 4.69) is 33.1 Å². The van der Waals surface area contributed by atoms with Crippen LogP contribution in [0.5, 0.6) is 0 Å². The fourth-order valence-electron chi connectivity index (χ4n) is 2.95. The molecule has 3 aromatic carbocycles. The number of anilines is 1. The van der Waals surface area contributed by atoms with Gasteiger partial charge in [-0.1, -0.05) is 47.5 Å². The molecule has 0 saturated heterocycles. The third-order valence-corrected chi connectivity index (χ3v) is 7.27. The summed E-state index contributed by atoms with van der Waals surface area (Å²) in [5, 5.41) is 4.15. The van der Waals surface area contributed by atoms with Crippen LogP contribution in [0.1, 0.15) is 23.6 Å². The largest absolute Gasteiger partial charge is 0.271 e. The number of nitrogens with zero attached hydrogens (tertiary/aromatic N) is 2. The number of rotatable bonds is 7. The lowest BCUT2D eigenvalue weighted by Crippen LogP contribution is -2.39. The van der Waals surface area contributed by atoms with E-state index in [1.165, 1.54) is 0 Å². The quantitative estimate of drug-likeness (QED) is 0.259. The summed E-state index contributed by atoms with van der Waals surface area (Å²) in [7, 11) is -3.95. The van der Waals surface area contributed by atoms with Gasteiger partial charge < -0.3 is 0 Å². The Morgan fingerprint density at radius 1 is 0.969 bits per heavy atom. The van der Waals surface area contributed by atoms with Crippen molar-refractivity contribution in [2.24, 2.45) is 5.10 Å². The second kappa shape index (κ2) is 10.3. The van der Waals surface area contributed by atoms with Crippen LogP contribution >= 0.6 is 22.6 Å². The van der Waals surface area contributed by atoms with Crippen molar-refractivity contribution >= 4 is 49.9 Å². The van der Waals surface area contributed by atoms with E-state index >= 15 is 0 Å². The number of hydrogen-bond acceptors (Lipinski definition) is 4. The minimum Gasteiger partial charge on any atom is -0.271 e. The third kappa shape index (κ3) is 5.95. The third-order valence-electron chi connectivity index (χ3n) is 4.81. The number of aryl methyl sites for hydroxylation is 2. The number of sulfonamides is 1. The van der Waals surface area contributed by atoms with Crippen LogP contribution in [-0.2, 0) is 14.8 Å². The number of carbonyl (C=O) groups is 1. The summed E-state index contributed by atoms with van der Waals surface area (Å²) in [6.07, 6.45) is 0. The summed E-state index contributed by atoms with van der Waals surface area (Å²) in [5.74, 6) is -0.536. The normalized spacial score (nSPS) is 11.8. The Kier molecular flexibility index (Phi) is 7.68. The van der Waals surface area contributed by atoms with Crippen molar-refractivity contribution in [1.29, 1.82) is 0 Å². The fourth-order valence-corrected chi connectivity index (χ4v) is 4.92. The SMILES string of the molecule is C/C(=N/NC(=O)CN(c1ccc(C)cc1)S(=O)(=O)c1ccc(C)cc1)c1cccc(I)c1. The number of benzene rings is 3. The molecule has 0 unspecified atom stereocenters. The first kappa shape index (κ1) is 23.9. The highest BCUT2D eigenvalue weighted by Crippen LogP contribution is 2.24. The molecule has 0 aliphatic heterocycles. The van der Waals surface area contributed by atoms with Gasteiger partial charge in [-0.2, -0.15) is 5.10 Å². The van der Waals surface area contributed by atoms with Crippen molar-refractivity contribution in [2.45, 2.75) is 25.7 Å². The lowest BCUT2D eigenvalue weighted by atomic mass is 10.1. The first-order chi connectivity index (χ1) is 15.2. The predicted molar refractivity (Wildman–Crippen MR) is 136 cm³/mol. The molecule has 8 heteroatoms. The maximum Gasteiger partial charge on any atom is 0.264 e. The Bertz CT molecular complexity index is 1240. The van der Waals surface area contributed by atoms with Gasteiger partial charge in [0, 0.05) is 3.57 Å². The van der Waals surface area contributed by atoms with Crippen LogP contribution in [0.3, 0.4) is 0 Å². The molecular weight excluding hydrogens is 537 g/mol. The second-order valence-corrected chi connectivity index (χ2v) is 10.5. The highest BCUT2D eigenvalue weighted by Gasteiger charge is 2.27. The maximum atomic E-state index is 13.4. The van der Waals surface area contributed by atoms with Gasteiger partial charge in [0.1, 0.15) is 6.54 Å². The molecule has 0 aliphatic carbocycles. The molecular formula is C24H24IN3O3S. The van der Waals surface area contributed by atoms with Crippen LogP contribution in [0, 0.1) is 17.4 Å². The molecule has 32 heavy (non-hydrogen) atoms. The standard InChI is InChI=1S/C24H24IN3O3S/c1-17-7-11-22(12-8-17)28(32(30,31)23-13-9-18(2)10-14-23)16-24(29)27-26-19(3)20-5-4-6-21(25)15-20/h4-15H,16H2,1-3H3,(H,27,29)/b26-19-. The van der Waals surface area contributed by atoms with Gasteiger partial charge in [-0.3, -0.25) is 9.10 Å². The van der Waals surface area contributed by atoms with Gasteiger partial charge in [-0.05, 0) is 85.3 Å². The van der Waals surface area contributed by atoms with E-state index in [1.54, 1.807) is 43.3 Å². The highest BCUT2D eigenvalue weighted by atomic mass is 127. The van der Waals surface area contributed by atoms with Gasteiger partial charge in [0.05, 0.1) is 16.3 Å². The zero-order chi connectivity index (χ0) is 23.3. The minimum absolute atomic E-state index is 0.120. The number of amides is 1. The van der Waals surface area contributed by atoms with E-state index in [0.717, 1.165) is 24.6 Å². The van der Waals surface area contributed by atoms with Crippen LogP contribution in [-0.4, -0.2) is 26.6 Å². The van der Waals surface area contributed by atoms with Crippen LogP contribution in [0.2, 0.25) is 0 Å². The number of halogens is 1. The average molecular weight is 561 g/mol. The van der Waals surface area contributed by atoms with Gasteiger partial charge in [0.15, 0.2) is 0 Å². The lowest BCUT2D eigenvalue weighted by molar-refractivity contribution is -0.119. The number of nitrogens with one attached hydrogen (secondary N) is 1.